The van der Waals surface area contributed by atoms with Gasteiger partial charge >= 0.3 is 0 Å². The molecular weight excluding hydrogens is 361 g/mol. The first-order valence-electron chi connectivity index (χ1n) is 9.53. The summed E-state index contributed by atoms with van der Waals surface area (Å²) in [5, 5.41) is 9.89. The molecule has 1 aliphatic rings. The fourth-order valence-corrected chi connectivity index (χ4v) is 3.92. The Hall–Kier alpha value is -2.09. The van der Waals surface area contributed by atoms with Gasteiger partial charge in [0, 0.05) is 48.6 Å². The van der Waals surface area contributed by atoms with Crippen LogP contribution in [-0.4, -0.2) is 37.6 Å². The van der Waals surface area contributed by atoms with Gasteiger partial charge in [-0.1, -0.05) is 43.6 Å². The van der Waals surface area contributed by atoms with Crippen molar-refractivity contribution in [3.05, 3.63) is 52.5 Å². The number of piperazine rings is 1. The number of hydrogen-bond acceptors (Lipinski definition) is 3. The molecule has 5 heteroatoms. The standard InChI is InChI=1S/C22H25ClFN3/c1-3-21(24)20-14-17(27-11-9-26(4-2)10-12-27)13-19(22(20)23)18-8-6-5-7-16(18)15-25/h5-8,13-14,21H,3-4,9-12H2,1-2H3. The molecule has 1 aliphatic heterocycles. The fraction of sp³-hybridized carbons (Fsp3) is 0.409. The predicted octanol–water partition coefficient (Wildman–Crippen LogP) is 5.44. The van der Waals surface area contributed by atoms with Crippen molar-refractivity contribution in [2.24, 2.45) is 0 Å². The average molecular weight is 386 g/mol. The van der Waals surface area contributed by atoms with Crippen LogP contribution >= 0.6 is 11.6 Å². The van der Waals surface area contributed by atoms with Crippen molar-refractivity contribution in [3.63, 3.8) is 0 Å². The van der Waals surface area contributed by atoms with Gasteiger partial charge in [0.05, 0.1) is 16.7 Å². The number of halogens is 2. The zero-order valence-electron chi connectivity index (χ0n) is 15.9. The summed E-state index contributed by atoms with van der Waals surface area (Å²) < 4.78 is 14.7. The lowest BCUT2D eigenvalue weighted by molar-refractivity contribution is 0.271. The molecule has 0 amide bonds. The van der Waals surface area contributed by atoms with Crippen molar-refractivity contribution in [1.82, 2.24) is 4.90 Å². The first-order chi connectivity index (χ1) is 13.1. The maximum absolute atomic E-state index is 14.7. The third-order valence-electron chi connectivity index (χ3n) is 5.30. The van der Waals surface area contributed by atoms with E-state index in [-0.39, 0.29) is 0 Å². The van der Waals surface area contributed by atoms with Gasteiger partial charge in [-0.2, -0.15) is 5.26 Å². The average Bonchev–Trinajstić information content (AvgIpc) is 2.73. The molecule has 1 fully saturated rings. The minimum atomic E-state index is -1.12. The minimum absolute atomic E-state index is 0.367. The van der Waals surface area contributed by atoms with Crippen LogP contribution in [0.15, 0.2) is 36.4 Å². The molecule has 0 aliphatic carbocycles. The van der Waals surface area contributed by atoms with E-state index in [1.54, 1.807) is 6.07 Å². The van der Waals surface area contributed by atoms with Gasteiger partial charge in [-0.05, 0) is 31.2 Å². The number of anilines is 1. The van der Waals surface area contributed by atoms with Gasteiger partial charge < -0.3 is 9.80 Å². The van der Waals surface area contributed by atoms with E-state index >= 15 is 0 Å². The maximum atomic E-state index is 14.7. The molecule has 1 atom stereocenters. The highest BCUT2D eigenvalue weighted by atomic mass is 35.5. The highest BCUT2D eigenvalue weighted by molar-refractivity contribution is 6.34. The van der Waals surface area contributed by atoms with Gasteiger partial charge in [0.2, 0.25) is 0 Å². The number of benzene rings is 2. The first kappa shape index (κ1) is 19.7. The highest BCUT2D eigenvalue weighted by Crippen LogP contribution is 2.40. The topological polar surface area (TPSA) is 30.3 Å². The number of nitriles is 1. The van der Waals surface area contributed by atoms with Crippen LogP contribution in [0.3, 0.4) is 0 Å². The van der Waals surface area contributed by atoms with Crippen LogP contribution in [0.5, 0.6) is 0 Å². The molecule has 0 aromatic heterocycles. The van der Waals surface area contributed by atoms with E-state index < -0.39 is 6.17 Å². The molecule has 0 saturated carbocycles. The molecule has 3 rings (SSSR count). The van der Waals surface area contributed by atoms with E-state index in [1.165, 1.54) is 0 Å². The van der Waals surface area contributed by atoms with Crippen LogP contribution in [0.1, 0.15) is 37.6 Å². The predicted molar refractivity (Wildman–Crippen MR) is 110 cm³/mol. The molecule has 2 aromatic carbocycles. The maximum Gasteiger partial charge on any atom is 0.126 e. The highest BCUT2D eigenvalue weighted by Gasteiger charge is 2.22. The van der Waals surface area contributed by atoms with Gasteiger partial charge in [0.15, 0.2) is 0 Å². The summed E-state index contributed by atoms with van der Waals surface area (Å²) in [7, 11) is 0. The van der Waals surface area contributed by atoms with E-state index in [0.717, 1.165) is 49.5 Å². The normalized spacial score (nSPS) is 16.2. The van der Waals surface area contributed by atoms with Crippen molar-refractivity contribution in [2.75, 3.05) is 37.6 Å². The zero-order valence-corrected chi connectivity index (χ0v) is 16.6. The summed E-state index contributed by atoms with van der Waals surface area (Å²) in [6.07, 6.45) is -0.756. The van der Waals surface area contributed by atoms with Crippen molar-refractivity contribution in [1.29, 1.82) is 5.26 Å². The number of hydrogen-bond donors (Lipinski definition) is 0. The largest absolute Gasteiger partial charge is 0.369 e. The van der Waals surface area contributed by atoms with Crippen molar-refractivity contribution in [2.45, 2.75) is 26.4 Å². The summed E-state index contributed by atoms with van der Waals surface area (Å²) in [5.41, 5.74) is 3.52. The third kappa shape index (κ3) is 4.10. The van der Waals surface area contributed by atoms with E-state index in [9.17, 15) is 9.65 Å². The van der Waals surface area contributed by atoms with Crippen LogP contribution in [-0.2, 0) is 0 Å². The lowest BCUT2D eigenvalue weighted by Gasteiger charge is -2.36. The van der Waals surface area contributed by atoms with Crippen LogP contribution in [0.25, 0.3) is 11.1 Å². The Kier molecular flexibility index (Phi) is 6.36. The minimum Gasteiger partial charge on any atom is -0.369 e. The second-order valence-electron chi connectivity index (χ2n) is 6.85. The SMILES string of the molecule is CCC(F)c1cc(N2CCN(CC)CC2)cc(-c2ccccc2C#N)c1Cl. The fourth-order valence-electron chi connectivity index (χ4n) is 3.60. The molecule has 0 radical (unpaired) electrons. The smallest absolute Gasteiger partial charge is 0.126 e. The molecule has 0 bridgehead atoms. The van der Waals surface area contributed by atoms with Gasteiger partial charge in [-0.25, -0.2) is 4.39 Å². The second-order valence-corrected chi connectivity index (χ2v) is 7.23. The van der Waals surface area contributed by atoms with Crippen LogP contribution in [0, 0.1) is 11.3 Å². The molecule has 1 unspecified atom stereocenters. The van der Waals surface area contributed by atoms with Crippen molar-refractivity contribution in [3.8, 4) is 17.2 Å². The Balaban J connectivity index is 2.09. The monoisotopic (exact) mass is 385 g/mol. The van der Waals surface area contributed by atoms with Crippen molar-refractivity contribution >= 4 is 17.3 Å². The molecule has 0 N–H and O–H groups in total. The van der Waals surface area contributed by atoms with Gasteiger partial charge in [0.1, 0.15) is 6.17 Å². The second kappa shape index (κ2) is 8.73. The number of rotatable bonds is 5. The van der Waals surface area contributed by atoms with Gasteiger partial charge in [-0.15, -0.1) is 0 Å². The zero-order chi connectivity index (χ0) is 19.4. The van der Waals surface area contributed by atoms with Crippen LogP contribution in [0.2, 0.25) is 5.02 Å². The molecule has 1 heterocycles. The molecule has 2 aromatic rings. The summed E-state index contributed by atoms with van der Waals surface area (Å²) >= 11 is 6.63. The third-order valence-corrected chi connectivity index (χ3v) is 5.73. The summed E-state index contributed by atoms with van der Waals surface area (Å²) in [6, 6.07) is 13.5. The number of nitrogens with zero attached hydrogens (tertiary/aromatic N) is 3. The molecule has 27 heavy (non-hydrogen) atoms. The lowest BCUT2D eigenvalue weighted by Crippen LogP contribution is -2.46. The Morgan fingerprint density at radius 1 is 1.11 bits per heavy atom. The van der Waals surface area contributed by atoms with Crippen LogP contribution < -0.4 is 4.90 Å². The van der Waals surface area contributed by atoms with E-state index in [0.29, 0.717) is 22.6 Å². The summed E-state index contributed by atoms with van der Waals surface area (Å²) in [4.78, 5) is 4.69. The molecule has 142 valence electrons. The molecular formula is C22H25ClFN3. The Morgan fingerprint density at radius 3 is 2.44 bits per heavy atom. The Bertz CT molecular complexity index is 838. The van der Waals surface area contributed by atoms with Crippen LogP contribution in [0.4, 0.5) is 10.1 Å². The Morgan fingerprint density at radius 2 is 1.81 bits per heavy atom. The molecule has 3 nitrogen and oxygen atoms in total. The number of alkyl halides is 1. The quantitative estimate of drug-likeness (QED) is 0.686. The van der Waals surface area contributed by atoms with E-state index in [4.69, 9.17) is 11.6 Å². The lowest BCUT2D eigenvalue weighted by atomic mass is 9.95. The van der Waals surface area contributed by atoms with Gasteiger partial charge in [-0.3, -0.25) is 0 Å². The first-order valence-corrected chi connectivity index (χ1v) is 9.91. The van der Waals surface area contributed by atoms with E-state index in [1.807, 2.05) is 37.3 Å². The molecule has 1 saturated heterocycles. The van der Waals surface area contributed by atoms with Crippen molar-refractivity contribution < 1.29 is 4.39 Å². The number of likely N-dealkylation sites (N-methyl/N-ethyl adjacent to an activating group) is 1. The summed E-state index contributed by atoms with van der Waals surface area (Å²) in [5.74, 6) is 0. The van der Waals surface area contributed by atoms with Gasteiger partial charge in [0.25, 0.3) is 0 Å². The van der Waals surface area contributed by atoms with E-state index in [2.05, 4.69) is 22.8 Å². The Labute approximate surface area is 166 Å². The molecule has 0 spiro atoms. The summed E-state index contributed by atoms with van der Waals surface area (Å²) in [6.45, 7) is 8.81.